The number of piperazine rings is 1. The number of H-pyrrole nitrogens is 1. The van der Waals surface area contributed by atoms with E-state index in [0.717, 1.165) is 54.0 Å². The molecule has 9 nitrogen and oxygen atoms in total. The maximum atomic E-state index is 12.2. The van der Waals surface area contributed by atoms with Gasteiger partial charge in [0.25, 0.3) is 11.5 Å². The number of aromatic nitrogens is 3. The van der Waals surface area contributed by atoms with Crippen molar-refractivity contribution in [2.45, 2.75) is 25.4 Å². The number of carbonyl (C=O) groups excluding carboxylic acids is 1. The van der Waals surface area contributed by atoms with Crippen LogP contribution in [-0.4, -0.2) is 71.2 Å². The molecule has 0 aromatic carbocycles. The van der Waals surface area contributed by atoms with E-state index in [2.05, 4.69) is 30.1 Å². The smallest absolute Gasteiger partial charge is 0.269 e. The molecule has 0 unspecified atom stereocenters. The van der Waals surface area contributed by atoms with Crippen molar-refractivity contribution >= 4 is 22.6 Å². The lowest BCUT2D eigenvalue weighted by Gasteiger charge is -2.55. The summed E-state index contributed by atoms with van der Waals surface area (Å²) in [5.74, 6) is -0.188. The zero-order chi connectivity index (χ0) is 23.0. The molecule has 5 heterocycles. The van der Waals surface area contributed by atoms with Gasteiger partial charge in [-0.25, -0.2) is 4.98 Å². The third-order valence-electron chi connectivity index (χ3n) is 6.69. The van der Waals surface area contributed by atoms with Gasteiger partial charge in [0.1, 0.15) is 5.69 Å². The van der Waals surface area contributed by atoms with Gasteiger partial charge in [-0.2, -0.15) is 0 Å². The van der Waals surface area contributed by atoms with E-state index in [-0.39, 0.29) is 17.0 Å². The highest BCUT2D eigenvalue weighted by atomic mass is 16.5. The molecule has 1 amide bonds. The van der Waals surface area contributed by atoms with Crippen molar-refractivity contribution in [2.75, 3.05) is 44.8 Å². The van der Waals surface area contributed by atoms with E-state index < -0.39 is 0 Å². The van der Waals surface area contributed by atoms with Crippen LogP contribution in [0.5, 0.6) is 0 Å². The molecule has 0 atom stereocenters. The zero-order valence-corrected chi connectivity index (χ0v) is 18.9. The number of aromatic amines is 1. The van der Waals surface area contributed by atoms with Gasteiger partial charge in [-0.05, 0) is 36.2 Å². The number of ether oxygens (including phenoxy) is 1. The maximum absolute atomic E-state index is 12.2. The number of hydrogen-bond acceptors (Lipinski definition) is 7. The van der Waals surface area contributed by atoms with E-state index in [9.17, 15) is 9.59 Å². The van der Waals surface area contributed by atoms with Crippen LogP contribution in [0.25, 0.3) is 11.0 Å². The van der Waals surface area contributed by atoms with Gasteiger partial charge in [0.2, 0.25) is 0 Å². The molecular weight excluding hydrogens is 420 g/mol. The topological polar surface area (TPSA) is 103 Å². The fraction of sp³-hybridized carbons (Fsp3) is 0.417. The second kappa shape index (κ2) is 8.57. The van der Waals surface area contributed by atoms with Gasteiger partial charge in [-0.3, -0.25) is 19.5 Å². The van der Waals surface area contributed by atoms with Gasteiger partial charge in [-0.15, -0.1) is 0 Å². The van der Waals surface area contributed by atoms with E-state index in [1.165, 1.54) is 0 Å². The molecule has 3 aromatic heterocycles. The molecule has 1 spiro atoms. The average molecular weight is 449 g/mol. The SMILES string of the molecule is CCc1cc2ncc(CN3CCN(c4ccc(C(=O)NC)nc4)CC34COC4)cc2[nH]c1=O. The van der Waals surface area contributed by atoms with E-state index in [4.69, 9.17) is 4.74 Å². The molecule has 3 aromatic rings. The Labute approximate surface area is 191 Å². The predicted molar refractivity (Wildman–Crippen MR) is 126 cm³/mol. The minimum absolute atomic E-state index is 0.0440. The number of rotatable bonds is 5. The van der Waals surface area contributed by atoms with Crippen LogP contribution in [0, 0.1) is 0 Å². The molecule has 0 radical (unpaired) electrons. The summed E-state index contributed by atoms with van der Waals surface area (Å²) in [6.45, 7) is 6.59. The van der Waals surface area contributed by atoms with E-state index in [1.807, 2.05) is 31.3 Å². The van der Waals surface area contributed by atoms with Crippen molar-refractivity contribution in [1.29, 1.82) is 0 Å². The number of aryl methyl sites for hydroxylation is 1. The number of nitrogens with zero attached hydrogens (tertiary/aromatic N) is 4. The maximum Gasteiger partial charge on any atom is 0.269 e. The van der Waals surface area contributed by atoms with Crippen LogP contribution < -0.4 is 15.8 Å². The lowest BCUT2D eigenvalue weighted by molar-refractivity contribution is -0.146. The van der Waals surface area contributed by atoms with Gasteiger partial charge in [0, 0.05) is 45.0 Å². The molecule has 0 bridgehead atoms. The van der Waals surface area contributed by atoms with Crippen molar-refractivity contribution in [3.8, 4) is 0 Å². The first-order valence-electron chi connectivity index (χ1n) is 11.3. The first-order valence-corrected chi connectivity index (χ1v) is 11.3. The zero-order valence-electron chi connectivity index (χ0n) is 18.9. The van der Waals surface area contributed by atoms with E-state index in [1.54, 1.807) is 19.3 Å². The monoisotopic (exact) mass is 448 g/mol. The normalized spacial score (nSPS) is 17.8. The Morgan fingerprint density at radius 2 is 2.06 bits per heavy atom. The van der Waals surface area contributed by atoms with Crippen molar-refractivity contribution in [3.63, 3.8) is 0 Å². The number of fused-ring (bicyclic) bond motifs is 1. The largest absolute Gasteiger partial charge is 0.377 e. The number of pyridine rings is 3. The summed E-state index contributed by atoms with van der Waals surface area (Å²) in [5.41, 5.74) is 4.70. The molecule has 5 rings (SSSR count). The molecule has 9 heteroatoms. The molecule has 2 N–H and O–H groups in total. The Morgan fingerprint density at radius 3 is 2.73 bits per heavy atom. The summed E-state index contributed by atoms with van der Waals surface area (Å²) < 4.78 is 5.64. The Hall–Kier alpha value is -3.30. The minimum Gasteiger partial charge on any atom is -0.377 e. The van der Waals surface area contributed by atoms with Gasteiger partial charge in [0.05, 0.1) is 41.7 Å². The fourth-order valence-corrected chi connectivity index (χ4v) is 4.66. The molecule has 0 aliphatic carbocycles. The Morgan fingerprint density at radius 1 is 1.21 bits per heavy atom. The Bertz CT molecular complexity index is 1240. The molecule has 172 valence electrons. The average Bonchev–Trinajstić information content (AvgIpc) is 2.82. The van der Waals surface area contributed by atoms with Crippen LogP contribution in [0.3, 0.4) is 0 Å². The molecule has 0 saturated carbocycles. The van der Waals surface area contributed by atoms with Gasteiger partial charge in [-0.1, -0.05) is 6.92 Å². The summed E-state index contributed by atoms with van der Waals surface area (Å²) in [5, 5.41) is 2.60. The lowest BCUT2D eigenvalue weighted by Crippen LogP contribution is -2.71. The number of anilines is 1. The second-order valence-corrected chi connectivity index (χ2v) is 8.79. The lowest BCUT2D eigenvalue weighted by atomic mass is 9.90. The van der Waals surface area contributed by atoms with Crippen molar-refractivity contribution in [1.82, 2.24) is 25.2 Å². The molecular formula is C24H28N6O3. The van der Waals surface area contributed by atoms with Gasteiger partial charge >= 0.3 is 0 Å². The van der Waals surface area contributed by atoms with Crippen LogP contribution >= 0.6 is 0 Å². The summed E-state index contributed by atoms with van der Waals surface area (Å²) in [6, 6.07) is 7.62. The van der Waals surface area contributed by atoms with Gasteiger partial charge < -0.3 is 19.9 Å². The van der Waals surface area contributed by atoms with Crippen molar-refractivity contribution in [3.05, 3.63) is 63.8 Å². The first-order chi connectivity index (χ1) is 16.0. The number of hydrogen-bond donors (Lipinski definition) is 2. The standard InChI is InChI=1S/C24H28N6O3/c1-3-17-9-20-21(28-22(17)31)8-16(10-26-20)12-30-7-6-29(13-24(30)14-33-15-24)18-4-5-19(27-11-18)23(32)25-2/h4-5,8-11H,3,6-7,12-15H2,1-2H3,(H,25,32)(H,28,31). The molecule has 33 heavy (non-hydrogen) atoms. The van der Waals surface area contributed by atoms with Crippen LogP contribution in [-0.2, 0) is 17.7 Å². The van der Waals surface area contributed by atoms with E-state index in [0.29, 0.717) is 25.3 Å². The first kappa shape index (κ1) is 21.5. The third-order valence-corrected chi connectivity index (χ3v) is 6.69. The highest BCUT2D eigenvalue weighted by molar-refractivity contribution is 5.92. The summed E-state index contributed by atoms with van der Waals surface area (Å²) in [4.78, 5) is 40.7. The quantitative estimate of drug-likeness (QED) is 0.607. The Balaban J connectivity index is 1.33. The Kier molecular flexibility index (Phi) is 5.59. The fourth-order valence-electron chi connectivity index (χ4n) is 4.66. The third kappa shape index (κ3) is 3.98. The van der Waals surface area contributed by atoms with Crippen LogP contribution in [0.2, 0.25) is 0 Å². The highest BCUT2D eigenvalue weighted by Crippen LogP contribution is 2.33. The van der Waals surface area contributed by atoms with Crippen molar-refractivity contribution in [2.24, 2.45) is 0 Å². The number of nitrogens with one attached hydrogen (secondary N) is 2. The van der Waals surface area contributed by atoms with Crippen LogP contribution in [0.15, 0.2) is 41.5 Å². The molecule has 2 fully saturated rings. The molecule has 2 aliphatic rings. The number of carbonyl (C=O) groups is 1. The minimum atomic E-state index is -0.188. The van der Waals surface area contributed by atoms with Crippen molar-refractivity contribution < 1.29 is 9.53 Å². The second-order valence-electron chi connectivity index (χ2n) is 8.79. The highest BCUT2D eigenvalue weighted by Gasteiger charge is 2.47. The molecule has 2 aliphatic heterocycles. The van der Waals surface area contributed by atoms with Crippen LogP contribution in [0.1, 0.15) is 28.5 Å². The summed E-state index contributed by atoms with van der Waals surface area (Å²) in [6.07, 6.45) is 4.36. The summed E-state index contributed by atoms with van der Waals surface area (Å²) >= 11 is 0. The van der Waals surface area contributed by atoms with Crippen LogP contribution in [0.4, 0.5) is 5.69 Å². The van der Waals surface area contributed by atoms with Gasteiger partial charge in [0.15, 0.2) is 0 Å². The predicted octanol–water partition coefficient (Wildman–Crippen LogP) is 1.33. The number of amides is 1. The van der Waals surface area contributed by atoms with E-state index >= 15 is 0 Å². The molecule has 2 saturated heterocycles. The summed E-state index contributed by atoms with van der Waals surface area (Å²) in [7, 11) is 1.60.